The maximum atomic E-state index is 13.3. The average molecular weight is 369 g/mol. The molecule has 0 spiro atoms. The maximum absolute atomic E-state index is 13.3. The van der Waals surface area contributed by atoms with Crippen molar-refractivity contribution < 1.29 is 18.7 Å². The van der Waals surface area contributed by atoms with E-state index in [4.69, 9.17) is 16.3 Å². The van der Waals surface area contributed by atoms with Crippen LogP contribution in [0, 0.1) is 11.7 Å². The van der Waals surface area contributed by atoms with Crippen molar-refractivity contribution in [3.05, 3.63) is 34.6 Å². The third-order valence-corrected chi connectivity index (χ3v) is 5.27. The zero-order chi connectivity index (χ0) is 18.0. The Labute approximate surface area is 151 Å². The number of amides is 2. The van der Waals surface area contributed by atoms with Crippen molar-refractivity contribution in [2.45, 2.75) is 25.9 Å². The van der Waals surface area contributed by atoms with Crippen LogP contribution in [0.4, 0.5) is 4.39 Å². The first-order valence-electron chi connectivity index (χ1n) is 8.56. The van der Waals surface area contributed by atoms with E-state index in [9.17, 15) is 14.0 Å². The van der Waals surface area contributed by atoms with Gasteiger partial charge in [0, 0.05) is 32.5 Å². The number of carbonyl (C=O) groups is 2. The molecule has 2 heterocycles. The first-order chi connectivity index (χ1) is 12.0. The molecule has 1 aromatic rings. The van der Waals surface area contributed by atoms with Crippen LogP contribution in [-0.4, -0.2) is 54.4 Å². The Balaban J connectivity index is 1.62. The molecule has 2 fully saturated rings. The first kappa shape index (κ1) is 18.1. The van der Waals surface area contributed by atoms with Crippen molar-refractivity contribution in [2.75, 3.05) is 32.8 Å². The molecular weight excluding hydrogens is 347 g/mol. The summed E-state index contributed by atoms with van der Waals surface area (Å²) >= 11 is 5.85. The first-order valence-corrected chi connectivity index (χ1v) is 8.94. The van der Waals surface area contributed by atoms with Crippen molar-refractivity contribution in [3.63, 3.8) is 0 Å². The number of morpholine rings is 1. The Bertz CT molecular complexity index is 662. The second-order valence-electron chi connectivity index (χ2n) is 6.60. The molecule has 0 bridgehead atoms. The molecule has 25 heavy (non-hydrogen) atoms. The van der Waals surface area contributed by atoms with E-state index in [1.54, 1.807) is 24.0 Å². The summed E-state index contributed by atoms with van der Waals surface area (Å²) in [5.41, 5.74) is 0.773. The van der Waals surface area contributed by atoms with Crippen LogP contribution in [0.5, 0.6) is 0 Å². The Morgan fingerprint density at radius 3 is 2.56 bits per heavy atom. The molecule has 7 heteroatoms. The van der Waals surface area contributed by atoms with Crippen LogP contribution in [-0.2, 0) is 14.3 Å². The molecule has 0 N–H and O–H groups in total. The molecule has 0 aliphatic carbocycles. The molecule has 5 nitrogen and oxygen atoms in total. The monoisotopic (exact) mass is 368 g/mol. The fourth-order valence-corrected chi connectivity index (χ4v) is 3.65. The van der Waals surface area contributed by atoms with E-state index < -0.39 is 5.82 Å². The summed E-state index contributed by atoms with van der Waals surface area (Å²) in [6.07, 6.45) is 1.10. The Morgan fingerprint density at radius 1 is 1.20 bits per heavy atom. The Morgan fingerprint density at radius 2 is 1.92 bits per heavy atom. The normalized spacial score (nSPS) is 22.1. The highest BCUT2D eigenvalue weighted by atomic mass is 35.5. The van der Waals surface area contributed by atoms with E-state index in [-0.39, 0.29) is 28.9 Å². The van der Waals surface area contributed by atoms with Gasteiger partial charge >= 0.3 is 0 Å². The summed E-state index contributed by atoms with van der Waals surface area (Å²) in [5.74, 6) is -0.340. The minimum atomic E-state index is -0.466. The minimum Gasteiger partial charge on any atom is -0.370 e. The third kappa shape index (κ3) is 4.12. The van der Waals surface area contributed by atoms with Gasteiger partial charge in [0.1, 0.15) is 11.9 Å². The van der Waals surface area contributed by atoms with Gasteiger partial charge in [-0.1, -0.05) is 17.7 Å². The molecule has 2 aliphatic rings. The molecular formula is C18H22ClFN2O3. The van der Waals surface area contributed by atoms with Crippen molar-refractivity contribution in [2.24, 2.45) is 5.92 Å². The van der Waals surface area contributed by atoms with Crippen molar-refractivity contribution in [1.82, 2.24) is 9.80 Å². The van der Waals surface area contributed by atoms with Gasteiger partial charge in [-0.05, 0) is 30.5 Å². The lowest BCUT2D eigenvalue weighted by Gasteiger charge is -2.37. The van der Waals surface area contributed by atoms with E-state index in [1.807, 2.05) is 4.90 Å². The van der Waals surface area contributed by atoms with Crippen LogP contribution in [0.1, 0.15) is 31.4 Å². The second-order valence-corrected chi connectivity index (χ2v) is 7.00. The van der Waals surface area contributed by atoms with E-state index in [0.717, 1.165) is 5.56 Å². The lowest BCUT2D eigenvalue weighted by molar-refractivity contribution is -0.146. The van der Waals surface area contributed by atoms with Gasteiger partial charge in [0.05, 0.1) is 18.2 Å². The highest BCUT2D eigenvalue weighted by molar-refractivity contribution is 6.30. The standard InChI is InChI=1S/C18H22ClFN2O3/c1-12(23)21-6-4-13(5-7-21)18(24)22-8-9-25-17(11-22)14-2-3-16(20)15(19)10-14/h2-3,10,13,17H,4-9,11H2,1H3/t17-/m0/s1. The van der Waals surface area contributed by atoms with Gasteiger partial charge in [-0.2, -0.15) is 0 Å². The van der Waals surface area contributed by atoms with E-state index >= 15 is 0 Å². The van der Waals surface area contributed by atoms with Gasteiger partial charge in [0.15, 0.2) is 0 Å². The summed E-state index contributed by atoms with van der Waals surface area (Å²) in [6.45, 7) is 4.26. The topological polar surface area (TPSA) is 49.9 Å². The lowest BCUT2D eigenvalue weighted by atomic mass is 9.94. The average Bonchev–Trinajstić information content (AvgIpc) is 2.63. The van der Waals surface area contributed by atoms with Crippen molar-refractivity contribution >= 4 is 23.4 Å². The largest absolute Gasteiger partial charge is 0.370 e. The Hall–Kier alpha value is -1.66. The molecule has 2 amide bonds. The number of rotatable bonds is 2. The molecule has 0 aromatic heterocycles. The van der Waals surface area contributed by atoms with E-state index in [1.165, 1.54) is 6.07 Å². The fourth-order valence-electron chi connectivity index (χ4n) is 3.46. The zero-order valence-corrected chi connectivity index (χ0v) is 15.0. The summed E-state index contributed by atoms with van der Waals surface area (Å²) in [7, 11) is 0. The smallest absolute Gasteiger partial charge is 0.225 e. The lowest BCUT2D eigenvalue weighted by Crippen LogP contribution is -2.48. The highest BCUT2D eigenvalue weighted by Gasteiger charge is 2.32. The fraction of sp³-hybridized carbons (Fsp3) is 0.556. The molecule has 0 saturated carbocycles. The van der Waals surface area contributed by atoms with Gasteiger partial charge in [0.2, 0.25) is 11.8 Å². The Kier molecular flexibility index (Phi) is 5.59. The van der Waals surface area contributed by atoms with Gasteiger partial charge in [-0.25, -0.2) is 4.39 Å². The number of carbonyl (C=O) groups excluding carboxylic acids is 2. The van der Waals surface area contributed by atoms with E-state index in [0.29, 0.717) is 45.6 Å². The quantitative estimate of drug-likeness (QED) is 0.806. The van der Waals surface area contributed by atoms with Crippen molar-refractivity contribution in [3.8, 4) is 0 Å². The van der Waals surface area contributed by atoms with Crippen LogP contribution in [0.3, 0.4) is 0 Å². The number of hydrogen-bond acceptors (Lipinski definition) is 3. The van der Waals surface area contributed by atoms with E-state index in [2.05, 4.69) is 0 Å². The number of benzene rings is 1. The minimum absolute atomic E-state index is 0.0499. The summed E-state index contributed by atoms with van der Waals surface area (Å²) in [5, 5.41) is 0.0566. The SMILES string of the molecule is CC(=O)N1CCC(C(=O)N2CCO[C@H](c3ccc(F)c(Cl)c3)C2)CC1. The predicted molar refractivity (Wildman–Crippen MR) is 91.7 cm³/mol. The second kappa shape index (κ2) is 7.70. The van der Waals surface area contributed by atoms with Crippen LogP contribution >= 0.6 is 11.6 Å². The van der Waals surface area contributed by atoms with Crippen molar-refractivity contribution in [1.29, 1.82) is 0 Å². The van der Waals surface area contributed by atoms with Crippen LogP contribution in [0.15, 0.2) is 18.2 Å². The summed E-state index contributed by atoms with van der Waals surface area (Å²) < 4.78 is 19.1. The summed E-state index contributed by atoms with van der Waals surface area (Å²) in [4.78, 5) is 27.8. The molecule has 0 unspecified atom stereocenters. The van der Waals surface area contributed by atoms with Crippen LogP contribution in [0.2, 0.25) is 5.02 Å². The van der Waals surface area contributed by atoms with Gasteiger partial charge in [-0.15, -0.1) is 0 Å². The van der Waals surface area contributed by atoms with Gasteiger partial charge in [0.25, 0.3) is 0 Å². The zero-order valence-electron chi connectivity index (χ0n) is 14.2. The van der Waals surface area contributed by atoms with Gasteiger partial charge < -0.3 is 14.5 Å². The maximum Gasteiger partial charge on any atom is 0.225 e. The number of halogens is 2. The number of likely N-dealkylation sites (tertiary alicyclic amines) is 1. The predicted octanol–water partition coefficient (Wildman–Crippen LogP) is 2.64. The molecule has 136 valence electrons. The highest BCUT2D eigenvalue weighted by Crippen LogP contribution is 2.28. The van der Waals surface area contributed by atoms with Crippen LogP contribution in [0.25, 0.3) is 0 Å². The molecule has 2 aliphatic heterocycles. The third-order valence-electron chi connectivity index (χ3n) is 4.98. The number of ether oxygens (including phenoxy) is 1. The molecule has 2 saturated heterocycles. The number of nitrogens with zero attached hydrogens (tertiary/aromatic N) is 2. The number of hydrogen-bond donors (Lipinski definition) is 0. The molecule has 1 aromatic carbocycles. The van der Waals surface area contributed by atoms with Gasteiger partial charge in [-0.3, -0.25) is 9.59 Å². The molecule has 3 rings (SSSR count). The summed E-state index contributed by atoms with van der Waals surface area (Å²) in [6, 6.07) is 4.52. The van der Waals surface area contributed by atoms with Crippen LogP contribution < -0.4 is 0 Å². The molecule has 1 atom stereocenters. The number of piperidine rings is 1. The molecule has 0 radical (unpaired) electrons.